The fourth-order valence-corrected chi connectivity index (χ4v) is 3.76. The number of hydrogen-bond donors (Lipinski definition) is 0. The summed E-state index contributed by atoms with van der Waals surface area (Å²) in [6.45, 7) is 0.866. The molecular formula is C20H16NOS+. The van der Waals surface area contributed by atoms with Crippen LogP contribution in [0.15, 0.2) is 72.8 Å². The van der Waals surface area contributed by atoms with E-state index in [1.807, 2.05) is 42.5 Å². The highest BCUT2D eigenvalue weighted by Crippen LogP contribution is 2.28. The predicted molar refractivity (Wildman–Crippen MR) is 94.3 cm³/mol. The Morgan fingerprint density at radius 1 is 0.739 bits per heavy atom. The summed E-state index contributed by atoms with van der Waals surface area (Å²) in [4.78, 5) is 12.4. The number of benzene rings is 2. The lowest BCUT2D eigenvalue weighted by Gasteiger charge is -2.14. The van der Waals surface area contributed by atoms with E-state index in [0.29, 0.717) is 0 Å². The zero-order valence-electron chi connectivity index (χ0n) is 12.6. The molecule has 0 N–H and O–H groups in total. The number of aromatic nitrogens is 1. The quantitative estimate of drug-likeness (QED) is 0.660. The van der Waals surface area contributed by atoms with Crippen LogP contribution >= 0.6 is 11.8 Å². The van der Waals surface area contributed by atoms with Gasteiger partial charge in [-0.2, -0.15) is 4.57 Å². The van der Waals surface area contributed by atoms with Gasteiger partial charge < -0.3 is 0 Å². The SMILES string of the molecule is O=C1SCC[n+]2c1cc(-c1ccccc1)cc2-c1ccccc1. The van der Waals surface area contributed by atoms with E-state index < -0.39 is 0 Å². The first-order chi connectivity index (χ1) is 11.3. The molecule has 0 unspecified atom stereocenters. The average Bonchev–Trinajstić information content (AvgIpc) is 2.63. The van der Waals surface area contributed by atoms with Crippen molar-refractivity contribution in [3.63, 3.8) is 0 Å². The number of carbonyl (C=O) groups is 1. The van der Waals surface area contributed by atoms with Crippen molar-refractivity contribution < 1.29 is 9.36 Å². The van der Waals surface area contributed by atoms with Crippen molar-refractivity contribution >= 4 is 16.9 Å². The molecule has 0 radical (unpaired) electrons. The number of hydrogen-bond acceptors (Lipinski definition) is 2. The Labute approximate surface area is 139 Å². The van der Waals surface area contributed by atoms with Crippen molar-refractivity contribution in [2.75, 3.05) is 5.75 Å². The van der Waals surface area contributed by atoms with Crippen LogP contribution in [0.1, 0.15) is 10.5 Å². The Morgan fingerprint density at radius 3 is 2.04 bits per heavy atom. The van der Waals surface area contributed by atoms with Crippen molar-refractivity contribution in [3.8, 4) is 22.4 Å². The summed E-state index contributed by atoms with van der Waals surface area (Å²) in [5.74, 6) is 0.834. The van der Waals surface area contributed by atoms with E-state index in [1.165, 1.54) is 11.8 Å². The largest absolute Gasteiger partial charge is 0.283 e. The van der Waals surface area contributed by atoms with Gasteiger partial charge in [0, 0.05) is 17.7 Å². The molecule has 0 saturated heterocycles. The summed E-state index contributed by atoms with van der Waals surface area (Å²) in [5.41, 5.74) is 5.27. The van der Waals surface area contributed by atoms with Crippen LogP contribution in [-0.2, 0) is 6.54 Å². The van der Waals surface area contributed by atoms with Gasteiger partial charge in [-0.1, -0.05) is 60.3 Å². The number of carbonyl (C=O) groups excluding carboxylic acids is 1. The standard InChI is InChI=1S/C20H16NOS/c22-20-19-14-17(15-7-3-1-4-8-15)13-18(21(19)11-12-23-20)16-9-5-2-6-10-16/h1-10,13-14H,11-12H2/q+1. The van der Waals surface area contributed by atoms with Crippen molar-refractivity contribution in [3.05, 3.63) is 78.5 Å². The summed E-state index contributed by atoms with van der Waals surface area (Å²) in [6.07, 6.45) is 0. The maximum Gasteiger partial charge on any atom is 0.283 e. The predicted octanol–water partition coefficient (Wildman–Crippen LogP) is 4.20. The minimum absolute atomic E-state index is 0.159. The molecule has 0 fully saturated rings. The fourth-order valence-electron chi connectivity index (χ4n) is 2.98. The van der Waals surface area contributed by atoms with E-state index >= 15 is 0 Å². The molecule has 0 aliphatic carbocycles. The molecule has 2 nitrogen and oxygen atoms in total. The minimum atomic E-state index is 0.159. The molecular weight excluding hydrogens is 302 g/mol. The molecule has 3 heteroatoms. The highest BCUT2D eigenvalue weighted by atomic mass is 32.2. The lowest BCUT2D eigenvalue weighted by Crippen LogP contribution is -2.46. The maximum atomic E-state index is 12.4. The van der Waals surface area contributed by atoms with Crippen LogP contribution in [0.25, 0.3) is 22.4 Å². The number of rotatable bonds is 2. The Hall–Kier alpha value is -2.39. The molecule has 23 heavy (non-hydrogen) atoms. The van der Waals surface area contributed by atoms with Gasteiger partial charge in [-0.15, -0.1) is 0 Å². The number of pyridine rings is 1. The summed E-state index contributed by atoms with van der Waals surface area (Å²) in [7, 11) is 0. The zero-order chi connectivity index (χ0) is 15.6. The first kappa shape index (κ1) is 14.2. The highest BCUT2D eigenvalue weighted by molar-refractivity contribution is 8.14. The Morgan fingerprint density at radius 2 is 1.35 bits per heavy atom. The Balaban J connectivity index is 1.97. The van der Waals surface area contributed by atoms with Crippen molar-refractivity contribution in [1.29, 1.82) is 0 Å². The van der Waals surface area contributed by atoms with Crippen LogP contribution in [0.4, 0.5) is 0 Å². The van der Waals surface area contributed by atoms with E-state index in [-0.39, 0.29) is 5.12 Å². The molecule has 0 amide bonds. The smallest absolute Gasteiger partial charge is 0.275 e. The van der Waals surface area contributed by atoms with Gasteiger partial charge in [-0.25, -0.2) is 0 Å². The highest BCUT2D eigenvalue weighted by Gasteiger charge is 2.30. The summed E-state index contributed by atoms with van der Waals surface area (Å²) in [5, 5.41) is 0.159. The van der Waals surface area contributed by atoms with Gasteiger partial charge in [0.15, 0.2) is 6.54 Å². The normalized spacial score (nSPS) is 13.7. The topological polar surface area (TPSA) is 20.9 Å². The number of nitrogens with zero attached hydrogens (tertiary/aromatic N) is 1. The van der Waals surface area contributed by atoms with Crippen LogP contribution in [0.5, 0.6) is 0 Å². The van der Waals surface area contributed by atoms with E-state index in [1.54, 1.807) is 0 Å². The van der Waals surface area contributed by atoms with E-state index in [4.69, 9.17) is 0 Å². The number of fused-ring (bicyclic) bond motifs is 1. The third-order valence-corrected chi connectivity index (χ3v) is 4.96. The van der Waals surface area contributed by atoms with Crippen LogP contribution in [0.3, 0.4) is 0 Å². The van der Waals surface area contributed by atoms with Crippen LogP contribution < -0.4 is 4.57 Å². The van der Waals surface area contributed by atoms with Gasteiger partial charge in [0.25, 0.3) is 10.8 Å². The first-order valence-corrected chi connectivity index (χ1v) is 8.67. The first-order valence-electron chi connectivity index (χ1n) is 7.69. The Bertz CT molecular complexity index is 860. The third kappa shape index (κ3) is 2.68. The van der Waals surface area contributed by atoms with Crippen molar-refractivity contribution in [1.82, 2.24) is 0 Å². The molecule has 0 saturated carbocycles. The third-order valence-electron chi connectivity index (χ3n) is 4.10. The lowest BCUT2D eigenvalue weighted by atomic mass is 10.0. The van der Waals surface area contributed by atoms with Gasteiger partial charge in [0.05, 0.1) is 5.75 Å². The molecule has 112 valence electrons. The molecule has 0 spiro atoms. The van der Waals surface area contributed by atoms with Gasteiger partial charge >= 0.3 is 0 Å². The molecule has 1 aromatic heterocycles. The average molecular weight is 318 g/mol. The van der Waals surface area contributed by atoms with Gasteiger partial charge in [-0.05, 0) is 23.3 Å². The van der Waals surface area contributed by atoms with Crippen LogP contribution in [0.2, 0.25) is 0 Å². The Kier molecular flexibility index (Phi) is 3.72. The van der Waals surface area contributed by atoms with Gasteiger partial charge in [0.1, 0.15) is 0 Å². The number of thioether (sulfide) groups is 1. The second kappa shape index (κ2) is 6.01. The van der Waals surface area contributed by atoms with E-state index in [0.717, 1.165) is 40.4 Å². The molecule has 0 atom stereocenters. The minimum Gasteiger partial charge on any atom is -0.275 e. The second-order valence-corrected chi connectivity index (χ2v) is 6.60. The molecule has 4 rings (SSSR count). The van der Waals surface area contributed by atoms with Gasteiger partial charge in [0.2, 0.25) is 5.69 Å². The summed E-state index contributed by atoms with van der Waals surface area (Å²) in [6, 6.07) is 24.7. The van der Waals surface area contributed by atoms with Crippen molar-refractivity contribution in [2.24, 2.45) is 0 Å². The fraction of sp³-hybridized carbons (Fsp3) is 0.100. The zero-order valence-corrected chi connectivity index (χ0v) is 13.4. The molecule has 1 aliphatic rings. The maximum absolute atomic E-state index is 12.4. The molecule has 2 heterocycles. The van der Waals surface area contributed by atoms with Crippen LogP contribution in [-0.4, -0.2) is 10.9 Å². The molecule has 0 bridgehead atoms. The van der Waals surface area contributed by atoms with Gasteiger partial charge in [-0.3, -0.25) is 4.79 Å². The monoisotopic (exact) mass is 318 g/mol. The summed E-state index contributed by atoms with van der Waals surface area (Å²) >= 11 is 1.41. The second-order valence-electron chi connectivity index (χ2n) is 5.53. The van der Waals surface area contributed by atoms with E-state index in [2.05, 4.69) is 34.9 Å². The van der Waals surface area contributed by atoms with E-state index in [9.17, 15) is 4.79 Å². The molecule has 1 aliphatic heterocycles. The lowest BCUT2D eigenvalue weighted by molar-refractivity contribution is -0.683. The van der Waals surface area contributed by atoms with Crippen LogP contribution in [0, 0.1) is 0 Å². The molecule has 2 aromatic carbocycles. The molecule has 3 aromatic rings. The van der Waals surface area contributed by atoms with Crippen molar-refractivity contribution in [2.45, 2.75) is 6.54 Å². The summed E-state index contributed by atoms with van der Waals surface area (Å²) < 4.78 is 2.15.